The zero-order valence-corrected chi connectivity index (χ0v) is 11.1. The molecule has 1 aliphatic rings. The number of nitrogens with one attached hydrogen (secondary N) is 1. The average molecular weight is 245 g/mol. The highest BCUT2D eigenvalue weighted by atomic mass is 32.2. The molecule has 2 N–H and O–H groups in total. The first-order valence-electron chi connectivity index (χ1n) is 6.19. The van der Waals surface area contributed by atoms with E-state index < -0.39 is 5.60 Å². The molecule has 1 fully saturated rings. The monoisotopic (exact) mass is 245 g/mol. The van der Waals surface area contributed by atoms with E-state index in [0.29, 0.717) is 6.54 Å². The third-order valence-electron chi connectivity index (χ3n) is 3.37. The van der Waals surface area contributed by atoms with Crippen molar-refractivity contribution in [2.45, 2.75) is 45.1 Å². The van der Waals surface area contributed by atoms with Gasteiger partial charge in [0.15, 0.2) is 0 Å². The molecule has 0 aromatic heterocycles. The van der Waals surface area contributed by atoms with Gasteiger partial charge in [-0.2, -0.15) is 11.8 Å². The maximum absolute atomic E-state index is 11.8. The Kier molecular flexibility index (Phi) is 5.62. The predicted molar refractivity (Wildman–Crippen MR) is 68.6 cm³/mol. The Hall–Kier alpha value is -0.220. The fraction of sp³-hybridized carbons (Fsp3) is 0.917. The summed E-state index contributed by atoms with van der Waals surface area (Å²) >= 11 is 1.87. The topological polar surface area (TPSA) is 49.3 Å². The lowest BCUT2D eigenvalue weighted by Gasteiger charge is -2.32. The molecule has 0 aliphatic carbocycles. The van der Waals surface area contributed by atoms with Crippen molar-refractivity contribution in [2.24, 2.45) is 5.92 Å². The van der Waals surface area contributed by atoms with Crippen LogP contribution in [0.5, 0.6) is 0 Å². The number of rotatable bonds is 5. The van der Waals surface area contributed by atoms with Crippen LogP contribution in [-0.4, -0.2) is 34.7 Å². The van der Waals surface area contributed by atoms with E-state index in [4.69, 9.17) is 0 Å². The molecule has 0 saturated carbocycles. The molecule has 0 radical (unpaired) electrons. The number of hydrogen-bond donors (Lipinski definition) is 2. The van der Waals surface area contributed by atoms with E-state index in [1.54, 1.807) is 0 Å². The van der Waals surface area contributed by atoms with Crippen LogP contribution < -0.4 is 5.32 Å². The molecular formula is C12H23NO2S. The number of amides is 1. The van der Waals surface area contributed by atoms with Gasteiger partial charge in [0.2, 0.25) is 5.91 Å². The van der Waals surface area contributed by atoms with Gasteiger partial charge in [0, 0.05) is 12.5 Å². The Labute approximate surface area is 102 Å². The minimum Gasteiger partial charge on any atom is -0.388 e. The molecular weight excluding hydrogens is 222 g/mol. The van der Waals surface area contributed by atoms with Crippen molar-refractivity contribution in [3.05, 3.63) is 0 Å². The van der Waals surface area contributed by atoms with Crippen LogP contribution in [0.2, 0.25) is 0 Å². The lowest BCUT2D eigenvalue weighted by molar-refractivity contribution is -0.126. The summed E-state index contributed by atoms with van der Waals surface area (Å²) in [5, 5.41) is 13.1. The van der Waals surface area contributed by atoms with Crippen LogP contribution in [0.1, 0.15) is 39.5 Å². The molecule has 0 aromatic rings. The first kappa shape index (κ1) is 13.8. The maximum atomic E-state index is 11.8. The second-order valence-corrected chi connectivity index (χ2v) is 5.79. The zero-order valence-electron chi connectivity index (χ0n) is 10.3. The van der Waals surface area contributed by atoms with E-state index in [2.05, 4.69) is 5.32 Å². The first-order valence-corrected chi connectivity index (χ1v) is 7.34. The SMILES string of the molecule is CCC(CC)C(=O)NCC1(O)CCSCC1. The standard InChI is InChI=1S/C12H23NO2S/c1-3-10(4-2)11(14)13-9-12(15)5-7-16-8-6-12/h10,15H,3-9H2,1-2H3,(H,13,14). The van der Waals surface area contributed by atoms with Crippen molar-refractivity contribution >= 4 is 17.7 Å². The molecule has 94 valence electrons. The van der Waals surface area contributed by atoms with Gasteiger partial charge < -0.3 is 10.4 Å². The summed E-state index contributed by atoms with van der Waals surface area (Å²) in [5.41, 5.74) is -0.660. The van der Waals surface area contributed by atoms with Crippen LogP contribution in [0, 0.1) is 5.92 Å². The van der Waals surface area contributed by atoms with Crippen molar-refractivity contribution in [3.63, 3.8) is 0 Å². The fourth-order valence-electron chi connectivity index (χ4n) is 1.98. The van der Waals surface area contributed by atoms with Gasteiger partial charge >= 0.3 is 0 Å². The number of aliphatic hydroxyl groups is 1. The fourth-order valence-corrected chi connectivity index (χ4v) is 3.24. The second-order valence-electron chi connectivity index (χ2n) is 4.57. The van der Waals surface area contributed by atoms with E-state index in [1.807, 2.05) is 25.6 Å². The highest BCUT2D eigenvalue weighted by Crippen LogP contribution is 2.26. The third-order valence-corrected chi connectivity index (χ3v) is 4.36. The van der Waals surface area contributed by atoms with E-state index in [9.17, 15) is 9.90 Å². The molecule has 0 unspecified atom stereocenters. The number of carbonyl (C=O) groups excluding carboxylic acids is 1. The van der Waals surface area contributed by atoms with Gasteiger partial charge in [-0.05, 0) is 37.2 Å². The summed E-state index contributed by atoms with van der Waals surface area (Å²) in [4.78, 5) is 11.8. The van der Waals surface area contributed by atoms with Gasteiger partial charge in [0.1, 0.15) is 0 Å². The quantitative estimate of drug-likeness (QED) is 0.776. The average Bonchev–Trinajstić information content (AvgIpc) is 2.29. The van der Waals surface area contributed by atoms with Crippen LogP contribution in [0.3, 0.4) is 0 Å². The molecule has 0 atom stereocenters. The van der Waals surface area contributed by atoms with Crippen molar-refractivity contribution in [2.75, 3.05) is 18.1 Å². The number of carbonyl (C=O) groups is 1. The van der Waals surface area contributed by atoms with Crippen molar-refractivity contribution in [1.29, 1.82) is 0 Å². The lowest BCUT2D eigenvalue weighted by atomic mass is 9.96. The molecule has 16 heavy (non-hydrogen) atoms. The summed E-state index contributed by atoms with van der Waals surface area (Å²) in [6.45, 7) is 4.47. The Bertz CT molecular complexity index is 223. The van der Waals surface area contributed by atoms with E-state index in [0.717, 1.165) is 37.2 Å². The molecule has 1 rings (SSSR count). The summed E-state index contributed by atoms with van der Waals surface area (Å²) in [5.74, 6) is 2.19. The highest BCUT2D eigenvalue weighted by Gasteiger charge is 2.30. The maximum Gasteiger partial charge on any atom is 0.223 e. The van der Waals surface area contributed by atoms with Gasteiger partial charge in [0.05, 0.1) is 5.60 Å². The Balaban J connectivity index is 2.35. The van der Waals surface area contributed by atoms with Crippen molar-refractivity contribution in [1.82, 2.24) is 5.32 Å². The summed E-state index contributed by atoms with van der Waals surface area (Å²) in [6.07, 6.45) is 3.33. The molecule has 4 heteroatoms. The van der Waals surface area contributed by atoms with Gasteiger partial charge in [-0.1, -0.05) is 13.8 Å². The molecule has 0 spiro atoms. The summed E-state index contributed by atoms with van der Waals surface area (Å²) in [6, 6.07) is 0. The second kappa shape index (κ2) is 6.50. The van der Waals surface area contributed by atoms with Crippen LogP contribution in [-0.2, 0) is 4.79 Å². The Morgan fingerprint density at radius 3 is 2.44 bits per heavy atom. The molecule has 0 aromatic carbocycles. The summed E-state index contributed by atoms with van der Waals surface area (Å²) in [7, 11) is 0. The van der Waals surface area contributed by atoms with Crippen LogP contribution in [0.4, 0.5) is 0 Å². The molecule has 3 nitrogen and oxygen atoms in total. The third kappa shape index (κ3) is 3.98. The zero-order chi connectivity index (χ0) is 12.0. The van der Waals surface area contributed by atoms with Crippen LogP contribution in [0.25, 0.3) is 0 Å². The Morgan fingerprint density at radius 2 is 1.94 bits per heavy atom. The predicted octanol–water partition coefficient (Wildman–Crippen LogP) is 1.80. The molecule has 0 bridgehead atoms. The smallest absolute Gasteiger partial charge is 0.223 e. The van der Waals surface area contributed by atoms with Crippen LogP contribution in [0.15, 0.2) is 0 Å². The van der Waals surface area contributed by atoms with E-state index in [1.165, 1.54) is 0 Å². The molecule has 1 aliphatic heterocycles. The lowest BCUT2D eigenvalue weighted by Crippen LogP contribution is -2.46. The summed E-state index contributed by atoms with van der Waals surface area (Å²) < 4.78 is 0. The van der Waals surface area contributed by atoms with Crippen LogP contribution >= 0.6 is 11.8 Å². The first-order chi connectivity index (χ1) is 7.61. The molecule has 1 saturated heterocycles. The van der Waals surface area contributed by atoms with Gasteiger partial charge in [0.25, 0.3) is 0 Å². The largest absolute Gasteiger partial charge is 0.388 e. The molecule has 1 amide bonds. The van der Waals surface area contributed by atoms with Gasteiger partial charge in [-0.25, -0.2) is 0 Å². The Morgan fingerprint density at radius 1 is 1.38 bits per heavy atom. The van der Waals surface area contributed by atoms with Crippen molar-refractivity contribution in [3.8, 4) is 0 Å². The highest BCUT2D eigenvalue weighted by molar-refractivity contribution is 7.99. The number of hydrogen-bond acceptors (Lipinski definition) is 3. The number of thioether (sulfide) groups is 1. The normalized spacial score (nSPS) is 19.8. The van der Waals surface area contributed by atoms with E-state index in [-0.39, 0.29) is 11.8 Å². The van der Waals surface area contributed by atoms with Crippen molar-refractivity contribution < 1.29 is 9.90 Å². The van der Waals surface area contributed by atoms with Gasteiger partial charge in [-0.3, -0.25) is 4.79 Å². The van der Waals surface area contributed by atoms with Gasteiger partial charge in [-0.15, -0.1) is 0 Å². The minimum absolute atomic E-state index is 0.0941. The van der Waals surface area contributed by atoms with E-state index >= 15 is 0 Å². The minimum atomic E-state index is -0.660. The molecule has 1 heterocycles.